The Morgan fingerprint density at radius 1 is 0.778 bits per heavy atom. The Kier molecular flexibility index (Phi) is 10.6. The van der Waals surface area contributed by atoms with Gasteiger partial charge in [-0.2, -0.15) is 5.10 Å². The normalized spacial score (nSPS) is 13.9. The van der Waals surface area contributed by atoms with Crippen molar-refractivity contribution in [3.8, 4) is 0 Å². The first-order chi connectivity index (χ1) is 21.7. The average Bonchev–Trinajstić information content (AvgIpc) is 3.62. The highest BCUT2D eigenvalue weighted by Gasteiger charge is 2.31. The molecule has 11 heteroatoms. The zero-order valence-corrected chi connectivity index (χ0v) is 26.6. The van der Waals surface area contributed by atoms with Crippen LogP contribution in [0.1, 0.15) is 60.5 Å². The zero-order chi connectivity index (χ0) is 31.6. The van der Waals surface area contributed by atoms with Crippen molar-refractivity contribution < 1.29 is 14.4 Å². The molecule has 1 aliphatic rings. The Labute approximate surface area is 267 Å². The van der Waals surface area contributed by atoms with Gasteiger partial charge in [-0.3, -0.25) is 14.4 Å². The summed E-state index contributed by atoms with van der Waals surface area (Å²) < 4.78 is 0. The monoisotopic (exact) mass is 625 g/mol. The van der Waals surface area contributed by atoms with E-state index in [4.69, 9.17) is 0 Å². The first kappa shape index (κ1) is 31.9. The van der Waals surface area contributed by atoms with Crippen molar-refractivity contribution in [2.75, 3.05) is 23.7 Å². The van der Waals surface area contributed by atoms with E-state index in [9.17, 15) is 14.4 Å². The zero-order valence-electron chi connectivity index (χ0n) is 25.8. The van der Waals surface area contributed by atoms with Gasteiger partial charge >= 0.3 is 0 Å². The molecule has 0 atom stereocenters. The molecule has 5 rings (SSSR count). The van der Waals surface area contributed by atoms with Crippen molar-refractivity contribution in [1.29, 1.82) is 0 Å². The van der Waals surface area contributed by atoms with Crippen LogP contribution in [-0.2, 0) is 46.5 Å². The van der Waals surface area contributed by atoms with Crippen molar-refractivity contribution >= 4 is 40.0 Å². The van der Waals surface area contributed by atoms with Crippen LogP contribution in [0.2, 0.25) is 0 Å². The molecule has 2 aromatic carbocycles. The quantitative estimate of drug-likeness (QED) is 0.199. The number of benzene rings is 2. The largest absolute Gasteiger partial charge is 0.342 e. The lowest BCUT2D eigenvalue weighted by molar-refractivity contribution is -0.129. The van der Waals surface area contributed by atoms with Crippen LogP contribution in [0.25, 0.3) is 0 Å². The first-order valence-electron chi connectivity index (χ1n) is 15.3. The van der Waals surface area contributed by atoms with Gasteiger partial charge in [0.1, 0.15) is 5.01 Å². The molecule has 0 saturated carbocycles. The minimum absolute atomic E-state index is 0.129. The van der Waals surface area contributed by atoms with Gasteiger partial charge in [-0.05, 0) is 59.9 Å². The number of anilines is 2. The Balaban J connectivity index is 1.000. The summed E-state index contributed by atoms with van der Waals surface area (Å²) in [7, 11) is 0. The Bertz CT molecular complexity index is 1610. The van der Waals surface area contributed by atoms with Gasteiger partial charge in [0.25, 0.3) is 0 Å². The molecule has 1 aliphatic heterocycles. The molecule has 2 aromatic heterocycles. The van der Waals surface area contributed by atoms with E-state index in [0.717, 1.165) is 72.6 Å². The van der Waals surface area contributed by atoms with Crippen LogP contribution in [0.3, 0.4) is 0 Å². The average molecular weight is 626 g/mol. The molecule has 234 valence electrons. The number of aryl methyl sites for hydroxylation is 2. The number of rotatable bonds is 13. The summed E-state index contributed by atoms with van der Waals surface area (Å²) in [6.07, 6.45) is 5.14. The van der Waals surface area contributed by atoms with Crippen molar-refractivity contribution in [3.63, 3.8) is 0 Å². The number of carbonyl (C=O) groups excluding carboxylic acids is 3. The Morgan fingerprint density at radius 3 is 2.22 bits per heavy atom. The number of nitrogens with one attached hydrogen (secondary N) is 2. The summed E-state index contributed by atoms with van der Waals surface area (Å²) in [5.41, 5.74) is 3.75. The third kappa shape index (κ3) is 10.0. The van der Waals surface area contributed by atoms with Crippen LogP contribution in [0.4, 0.5) is 10.9 Å². The van der Waals surface area contributed by atoms with E-state index in [2.05, 4.69) is 44.9 Å². The maximum atomic E-state index is 12.8. The van der Waals surface area contributed by atoms with Crippen molar-refractivity contribution in [1.82, 2.24) is 25.3 Å². The maximum absolute atomic E-state index is 12.8. The third-order valence-electron chi connectivity index (χ3n) is 7.72. The van der Waals surface area contributed by atoms with Crippen molar-refractivity contribution in [3.05, 3.63) is 94.1 Å². The van der Waals surface area contributed by atoms with Gasteiger partial charge < -0.3 is 15.5 Å². The molecule has 0 bridgehead atoms. The smallest absolute Gasteiger partial charge is 0.230 e. The fourth-order valence-electron chi connectivity index (χ4n) is 5.33. The molecule has 10 nitrogen and oxygen atoms in total. The molecule has 1 fully saturated rings. The van der Waals surface area contributed by atoms with Crippen LogP contribution in [0.5, 0.6) is 0 Å². The van der Waals surface area contributed by atoms with Crippen LogP contribution < -0.4 is 10.6 Å². The number of unbranched alkanes of at least 4 members (excludes halogenated alkanes) is 1. The van der Waals surface area contributed by atoms with Crippen LogP contribution in [0.15, 0.2) is 66.7 Å². The summed E-state index contributed by atoms with van der Waals surface area (Å²) in [6.45, 7) is 5.98. The number of carbonyl (C=O) groups is 3. The van der Waals surface area contributed by atoms with Gasteiger partial charge in [-0.1, -0.05) is 79.8 Å². The molecule has 0 radical (unpaired) electrons. The molecule has 2 N–H and O–H groups in total. The number of aromatic nitrogens is 4. The number of nitrogens with zero attached hydrogens (tertiary/aromatic N) is 5. The molecule has 0 unspecified atom stereocenters. The highest BCUT2D eigenvalue weighted by atomic mass is 32.1. The van der Waals surface area contributed by atoms with Crippen LogP contribution >= 0.6 is 11.3 Å². The maximum Gasteiger partial charge on any atom is 0.230 e. The van der Waals surface area contributed by atoms with E-state index in [1.54, 1.807) is 6.07 Å². The van der Waals surface area contributed by atoms with Gasteiger partial charge in [0.2, 0.25) is 22.9 Å². The van der Waals surface area contributed by atoms with Gasteiger partial charge in [-0.25, -0.2) is 0 Å². The lowest BCUT2D eigenvalue weighted by Gasteiger charge is -2.20. The minimum atomic E-state index is -0.166. The second-order valence-electron chi connectivity index (χ2n) is 12.3. The summed E-state index contributed by atoms with van der Waals surface area (Å²) in [5, 5.41) is 23.7. The first-order valence-corrected chi connectivity index (χ1v) is 16.2. The molecular formula is C34H39N7O3S. The van der Waals surface area contributed by atoms with Crippen molar-refractivity contribution in [2.45, 2.75) is 65.2 Å². The fraction of sp³-hybridized carbons (Fsp3) is 0.382. The van der Waals surface area contributed by atoms with E-state index in [1.165, 1.54) is 11.3 Å². The number of hydrogen-bond acceptors (Lipinski definition) is 8. The highest BCUT2D eigenvalue weighted by Crippen LogP contribution is 2.29. The third-order valence-corrected chi connectivity index (χ3v) is 8.62. The number of amides is 3. The number of likely N-dealkylation sites (tertiary alicyclic amines) is 1. The lowest BCUT2D eigenvalue weighted by atomic mass is 9.93. The molecule has 3 amide bonds. The molecule has 1 saturated heterocycles. The van der Waals surface area contributed by atoms with Gasteiger partial charge in [0, 0.05) is 19.5 Å². The van der Waals surface area contributed by atoms with Crippen LogP contribution in [0, 0.1) is 5.41 Å². The summed E-state index contributed by atoms with van der Waals surface area (Å²) in [5.74, 6) is 0.276. The van der Waals surface area contributed by atoms with Gasteiger partial charge in [0.15, 0.2) is 5.82 Å². The van der Waals surface area contributed by atoms with Gasteiger partial charge in [-0.15, -0.1) is 15.3 Å². The van der Waals surface area contributed by atoms with Crippen molar-refractivity contribution in [2.24, 2.45) is 5.41 Å². The van der Waals surface area contributed by atoms with Gasteiger partial charge in [0.05, 0.1) is 25.0 Å². The van der Waals surface area contributed by atoms with E-state index in [0.29, 0.717) is 17.4 Å². The molecule has 45 heavy (non-hydrogen) atoms. The fourth-order valence-corrected chi connectivity index (χ4v) is 6.12. The molecular weight excluding hydrogens is 586 g/mol. The molecule has 3 heterocycles. The Morgan fingerprint density at radius 2 is 1.49 bits per heavy atom. The molecule has 4 aromatic rings. The lowest BCUT2D eigenvalue weighted by Crippen LogP contribution is -2.31. The van der Waals surface area contributed by atoms with E-state index >= 15 is 0 Å². The number of hydrogen-bond donors (Lipinski definition) is 2. The highest BCUT2D eigenvalue weighted by molar-refractivity contribution is 7.15. The van der Waals surface area contributed by atoms with E-state index < -0.39 is 0 Å². The summed E-state index contributed by atoms with van der Waals surface area (Å²) >= 11 is 1.38. The molecule has 0 spiro atoms. The van der Waals surface area contributed by atoms with Crippen LogP contribution in [-0.4, -0.2) is 56.1 Å². The second-order valence-corrected chi connectivity index (χ2v) is 13.3. The predicted octanol–water partition coefficient (Wildman–Crippen LogP) is 5.06. The minimum Gasteiger partial charge on any atom is -0.342 e. The second kappa shape index (κ2) is 15.0. The predicted molar refractivity (Wildman–Crippen MR) is 175 cm³/mol. The standard InChI is InChI=1S/C34H39N7O3S/c1-34(2)17-18-41(23-34)32(44)22-26-12-8-11-25(19-26)21-30(43)36-33-40-39-31(45-33)14-7-6-13-27-15-16-28(38-37-27)35-29(42)20-24-9-4-3-5-10-24/h3-5,8-12,15-16,19H,6-7,13-14,17-18,20-23H2,1-2H3,(H,35,38,42)(H,36,40,43). The SMILES string of the molecule is CC1(C)CCN(C(=O)Cc2cccc(CC(=O)Nc3nnc(CCCCc4ccc(NC(=O)Cc5ccccc5)nn4)s3)c2)C1. The summed E-state index contributed by atoms with van der Waals surface area (Å²) in [6, 6.07) is 20.9. The molecule has 0 aliphatic carbocycles. The van der Waals surface area contributed by atoms with E-state index in [1.807, 2.05) is 65.6 Å². The Hall–Kier alpha value is -4.51. The topological polar surface area (TPSA) is 130 Å². The van der Waals surface area contributed by atoms with E-state index in [-0.39, 0.29) is 36.0 Å². The summed E-state index contributed by atoms with van der Waals surface area (Å²) in [4.78, 5) is 39.6.